The molecule has 0 aromatic carbocycles. The smallest absolute Gasteiger partial charge is 0.306 e. The Bertz CT molecular complexity index is 811. The van der Waals surface area contributed by atoms with Gasteiger partial charge < -0.3 is 9.47 Å². The van der Waals surface area contributed by atoms with E-state index < -0.39 is 0 Å². The number of hydrogen-bond acceptors (Lipinski definition) is 4. The minimum atomic E-state index is -0.278. The standard InChI is InChI=1S/C22H26O4/c1-19-8-5-14(23)11-13(19)3-4-16-15-6-9-21(10-7-18(24)26-21)20(15,2)12-17-22(16,19)25-17/h3-4,11,15-17H,5-10,12H2,1-2H3/t15?,16?,17-,19?,20?,21+,22?/m0/s1. The fourth-order valence-corrected chi connectivity index (χ4v) is 7.73. The number of ether oxygens (including phenoxy) is 2. The molecule has 4 heteroatoms. The van der Waals surface area contributed by atoms with E-state index in [1.807, 2.05) is 6.08 Å². The van der Waals surface area contributed by atoms with Gasteiger partial charge in [-0.25, -0.2) is 0 Å². The molecule has 26 heavy (non-hydrogen) atoms. The number of esters is 1. The predicted molar refractivity (Wildman–Crippen MR) is 94.2 cm³/mol. The molecular formula is C22H26O4. The molecular weight excluding hydrogens is 328 g/mol. The van der Waals surface area contributed by atoms with E-state index in [2.05, 4.69) is 26.0 Å². The van der Waals surface area contributed by atoms with Gasteiger partial charge in [0, 0.05) is 29.6 Å². The zero-order chi connectivity index (χ0) is 17.9. The third-order valence-corrected chi connectivity index (χ3v) is 9.23. The van der Waals surface area contributed by atoms with E-state index in [-0.39, 0.29) is 39.9 Å². The molecule has 4 aliphatic carbocycles. The number of carbonyl (C=O) groups is 2. The maximum absolute atomic E-state index is 12.0. The Morgan fingerprint density at radius 1 is 1.12 bits per heavy atom. The summed E-state index contributed by atoms with van der Waals surface area (Å²) in [7, 11) is 0. The Kier molecular flexibility index (Phi) is 2.61. The van der Waals surface area contributed by atoms with Crippen LogP contribution in [0.4, 0.5) is 0 Å². The Balaban J connectivity index is 1.46. The second kappa shape index (κ2) is 4.35. The predicted octanol–water partition coefficient (Wildman–Crippen LogP) is 3.50. The van der Waals surface area contributed by atoms with E-state index in [1.165, 1.54) is 0 Å². The number of fused-ring (bicyclic) bond motifs is 4. The summed E-state index contributed by atoms with van der Waals surface area (Å²) < 4.78 is 12.6. The van der Waals surface area contributed by atoms with E-state index in [0.717, 1.165) is 37.7 Å². The summed E-state index contributed by atoms with van der Waals surface area (Å²) in [6, 6.07) is 0. The maximum Gasteiger partial charge on any atom is 0.306 e. The normalized spacial score (nSPS) is 56.4. The van der Waals surface area contributed by atoms with Crippen molar-refractivity contribution in [3.8, 4) is 0 Å². The van der Waals surface area contributed by atoms with Crippen LogP contribution in [-0.4, -0.2) is 29.1 Å². The number of allylic oxidation sites excluding steroid dienone is 2. The van der Waals surface area contributed by atoms with Crippen LogP contribution in [0.2, 0.25) is 0 Å². The first-order chi connectivity index (χ1) is 12.3. The lowest BCUT2D eigenvalue weighted by atomic mass is 9.47. The quantitative estimate of drug-likeness (QED) is 0.493. The third kappa shape index (κ3) is 1.47. The number of ketones is 1. The van der Waals surface area contributed by atoms with Crippen LogP contribution in [0.25, 0.3) is 0 Å². The van der Waals surface area contributed by atoms with Crippen molar-refractivity contribution in [2.75, 3.05) is 0 Å². The Labute approximate surface area is 154 Å². The van der Waals surface area contributed by atoms with Crippen molar-refractivity contribution in [3.05, 3.63) is 23.8 Å². The number of rotatable bonds is 0. The molecule has 4 nitrogen and oxygen atoms in total. The lowest BCUT2D eigenvalue weighted by molar-refractivity contribution is -0.162. The molecule has 0 radical (unpaired) electrons. The van der Waals surface area contributed by atoms with Gasteiger partial charge >= 0.3 is 5.97 Å². The molecule has 2 aliphatic heterocycles. The van der Waals surface area contributed by atoms with Gasteiger partial charge in [0.05, 0.1) is 6.10 Å². The highest BCUT2D eigenvalue weighted by molar-refractivity contribution is 5.92. The van der Waals surface area contributed by atoms with Crippen molar-refractivity contribution >= 4 is 11.8 Å². The summed E-state index contributed by atoms with van der Waals surface area (Å²) in [5.41, 5.74) is 0.679. The molecule has 0 aromatic rings. The van der Waals surface area contributed by atoms with Crippen molar-refractivity contribution in [3.63, 3.8) is 0 Å². The zero-order valence-electron chi connectivity index (χ0n) is 15.5. The summed E-state index contributed by atoms with van der Waals surface area (Å²) in [6.07, 6.45) is 12.6. The molecule has 2 saturated heterocycles. The number of carbonyl (C=O) groups excluding carboxylic acids is 2. The summed E-state index contributed by atoms with van der Waals surface area (Å²) >= 11 is 0. The van der Waals surface area contributed by atoms with Gasteiger partial charge in [0.25, 0.3) is 0 Å². The van der Waals surface area contributed by atoms with E-state index in [9.17, 15) is 9.59 Å². The highest BCUT2D eigenvalue weighted by atomic mass is 16.6. The molecule has 2 saturated carbocycles. The average Bonchev–Trinajstić information content (AvgIpc) is 3.08. The highest BCUT2D eigenvalue weighted by Crippen LogP contribution is 2.76. The van der Waals surface area contributed by atoms with E-state index in [1.54, 1.807) is 0 Å². The lowest BCUT2D eigenvalue weighted by Gasteiger charge is -2.54. The fourth-order valence-electron chi connectivity index (χ4n) is 7.73. The van der Waals surface area contributed by atoms with Gasteiger partial charge in [-0.3, -0.25) is 9.59 Å². The molecule has 5 unspecified atom stereocenters. The van der Waals surface area contributed by atoms with Gasteiger partial charge in [0.15, 0.2) is 5.78 Å². The third-order valence-electron chi connectivity index (χ3n) is 9.23. The first kappa shape index (κ1) is 15.6. The van der Waals surface area contributed by atoms with Crippen LogP contribution in [0.1, 0.15) is 58.8 Å². The van der Waals surface area contributed by atoms with E-state index in [4.69, 9.17) is 9.47 Å². The van der Waals surface area contributed by atoms with Crippen LogP contribution in [-0.2, 0) is 19.1 Å². The number of hydrogen-bond donors (Lipinski definition) is 0. The van der Waals surface area contributed by atoms with Gasteiger partial charge in [-0.1, -0.05) is 26.0 Å². The second-order valence-corrected chi connectivity index (χ2v) is 9.92. The largest absolute Gasteiger partial charge is 0.458 e. The molecule has 0 N–H and O–H groups in total. The SMILES string of the molecule is CC12CCC(=O)C=C1C=CC1C3CC[C@@]4(CCC(=O)O4)C3(C)C[C@@H]3OC132. The van der Waals surface area contributed by atoms with Crippen LogP contribution < -0.4 is 0 Å². The fraction of sp³-hybridized carbons (Fsp3) is 0.727. The second-order valence-electron chi connectivity index (χ2n) is 9.92. The van der Waals surface area contributed by atoms with Gasteiger partial charge in [-0.05, 0) is 49.7 Å². The van der Waals surface area contributed by atoms with Gasteiger partial charge in [-0.2, -0.15) is 0 Å². The first-order valence-corrected chi connectivity index (χ1v) is 10.2. The molecule has 138 valence electrons. The van der Waals surface area contributed by atoms with Crippen LogP contribution in [0.3, 0.4) is 0 Å². The topological polar surface area (TPSA) is 55.9 Å². The Morgan fingerprint density at radius 3 is 2.73 bits per heavy atom. The van der Waals surface area contributed by atoms with Gasteiger partial charge in [0.2, 0.25) is 0 Å². The van der Waals surface area contributed by atoms with Crippen LogP contribution >= 0.6 is 0 Å². The Hall–Kier alpha value is -1.42. The monoisotopic (exact) mass is 354 g/mol. The van der Waals surface area contributed by atoms with Gasteiger partial charge in [-0.15, -0.1) is 0 Å². The van der Waals surface area contributed by atoms with Crippen LogP contribution in [0, 0.1) is 22.7 Å². The minimum absolute atomic E-state index is 0.000890. The molecule has 0 aromatic heterocycles. The molecule has 6 aliphatic rings. The molecule has 7 atom stereocenters. The van der Waals surface area contributed by atoms with Crippen molar-refractivity contribution in [1.82, 2.24) is 0 Å². The summed E-state index contributed by atoms with van der Waals surface area (Å²) in [5, 5.41) is 0. The van der Waals surface area contributed by atoms with Crippen molar-refractivity contribution in [1.29, 1.82) is 0 Å². The van der Waals surface area contributed by atoms with E-state index >= 15 is 0 Å². The summed E-state index contributed by atoms with van der Waals surface area (Å²) in [6.45, 7) is 4.66. The highest BCUT2D eigenvalue weighted by Gasteiger charge is 2.80. The summed E-state index contributed by atoms with van der Waals surface area (Å²) in [5.74, 6) is 1.06. The molecule has 0 amide bonds. The summed E-state index contributed by atoms with van der Waals surface area (Å²) in [4.78, 5) is 23.9. The maximum atomic E-state index is 12.0. The van der Waals surface area contributed by atoms with Crippen molar-refractivity contribution < 1.29 is 19.1 Å². The number of epoxide rings is 1. The Morgan fingerprint density at radius 2 is 1.96 bits per heavy atom. The molecule has 2 heterocycles. The van der Waals surface area contributed by atoms with Crippen molar-refractivity contribution in [2.45, 2.75) is 76.1 Å². The van der Waals surface area contributed by atoms with Crippen LogP contribution in [0.5, 0.6) is 0 Å². The molecule has 6 rings (SSSR count). The molecule has 4 fully saturated rings. The lowest BCUT2D eigenvalue weighted by Crippen LogP contribution is -2.58. The molecule has 0 bridgehead atoms. The van der Waals surface area contributed by atoms with Crippen molar-refractivity contribution in [2.24, 2.45) is 22.7 Å². The van der Waals surface area contributed by atoms with E-state index in [0.29, 0.717) is 24.7 Å². The average molecular weight is 354 g/mol. The minimum Gasteiger partial charge on any atom is -0.458 e. The van der Waals surface area contributed by atoms with Crippen LogP contribution in [0.15, 0.2) is 23.8 Å². The first-order valence-electron chi connectivity index (χ1n) is 10.2. The molecule has 2 spiro atoms. The zero-order valence-corrected chi connectivity index (χ0v) is 15.5. The van der Waals surface area contributed by atoms with Gasteiger partial charge in [0.1, 0.15) is 11.2 Å².